The molecule has 6 aromatic carbocycles. The number of nitrogens with zero attached hydrogens (tertiary/aromatic N) is 12. The molecule has 6 aliphatic heterocycles. The first kappa shape index (κ1) is 77.1. The minimum absolute atomic E-state index is 0.0453. The van der Waals surface area contributed by atoms with Gasteiger partial charge < -0.3 is 41.0 Å². The van der Waals surface area contributed by atoms with Crippen LogP contribution in [0.1, 0.15) is 128 Å². The normalized spacial score (nSPS) is 15.8. The lowest BCUT2D eigenvalue weighted by atomic mass is 10.0. The zero-order valence-electron chi connectivity index (χ0n) is 63.3. The monoisotopic (exact) mass is 1490 g/mol. The maximum absolute atomic E-state index is 12.9. The number of Topliss-reactive ketones (excluding diaryl/α,β-unsaturated/α-hetero) is 3. The maximum atomic E-state index is 12.9. The molecule has 3 aromatic heterocycles. The molecule has 0 aliphatic carbocycles. The predicted octanol–water partition coefficient (Wildman–Crippen LogP) is 11.8. The first-order valence-corrected chi connectivity index (χ1v) is 38.7. The number of unbranched alkanes of at least 4 members (excludes halogenated alkanes) is 2. The summed E-state index contributed by atoms with van der Waals surface area (Å²) in [5.74, 6) is -0.174. The predicted molar refractivity (Wildman–Crippen MR) is 426 cm³/mol. The van der Waals surface area contributed by atoms with E-state index in [1.807, 2.05) is 53.4 Å². The number of rotatable bonds is 27. The molecule has 3 saturated heterocycles. The first-order valence-electron chi connectivity index (χ1n) is 38.7. The van der Waals surface area contributed by atoms with Gasteiger partial charge in [0, 0.05) is 69.2 Å². The molecule has 572 valence electrons. The van der Waals surface area contributed by atoms with Gasteiger partial charge in [0.25, 0.3) is 11.8 Å². The summed E-state index contributed by atoms with van der Waals surface area (Å²) in [5.41, 5.74) is 33.7. The number of likely N-dealkylation sites (tertiary alicyclic amines) is 3. The average molecular weight is 1490 g/mol. The van der Waals surface area contributed by atoms with Gasteiger partial charge in [0.2, 0.25) is 11.6 Å². The highest BCUT2D eigenvalue weighted by Crippen LogP contribution is 2.36. The quantitative estimate of drug-likeness (QED) is 0.0318. The van der Waals surface area contributed by atoms with Crippen LogP contribution in [0.2, 0.25) is 0 Å². The molecule has 0 spiro atoms. The summed E-state index contributed by atoms with van der Waals surface area (Å²) in [4.78, 5) is 101. The Kier molecular flexibility index (Phi) is 25.9. The lowest BCUT2D eigenvalue weighted by Crippen LogP contribution is -2.42. The molecule has 0 atom stereocenters. The van der Waals surface area contributed by atoms with Gasteiger partial charge in [0.1, 0.15) is 41.5 Å². The number of benzene rings is 6. The van der Waals surface area contributed by atoms with Crippen molar-refractivity contribution in [2.75, 3.05) is 111 Å². The van der Waals surface area contributed by atoms with Crippen LogP contribution in [0.5, 0.6) is 18.0 Å². The number of methoxy groups -OCH3 is 1. The Hall–Kier alpha value is -11.1. The molecule has 24 nitrogen and oxygen atoms in total. The summed E-state index contributed by atoms with van der Waals surface area (Å²) in [6, 6.07) is 51.2. The topological polar surface area (TPSA) is 297 Å². The molecule has 3 fully saturated rings. The molecule has 2 amide bonds. The lowest BCUT2D eigenvalue weighted by molar-refractivity contribution is -0.136. The minimum atomic E-state index is -0.619. The Balaban J connectivity index is 0.000000145. The van der Waals surface area contributed by atoms with Gasteiger partial charge in [-0.05, 0) is 157 Å². The smallest absolute Gasteiger partial charge is 0.320 e. The largest absolute Gasteiger partial charge is 0.463 e. The van der Waals surface area contributed by atoms with E-state index in [-0.39, 0.29) is 74.4 Å². The van der Waals surface area contributed by atoms with Crippen molar-refractivity contribution in [1.29, 1.82) is 0 Å². The third-order valence-electron chi connectivity index (χ3n) is 20.8. The van der Waals surface area contributed by atoms with Gasteiger partial charge in [-0.2, -0.15) is 29.9 Å². The van der Waals surface area contributed by atoms with E-state index in [1.54, 1.807) is 7.11 Å². The number of anilines is 6. The molecule has 0 unspecified atom stereocenters. The summed E-state index contributed by atoms with van der Waals surface area (Å²) in [7, 11) is 1.56. The number of amides is 2. The molecule has 6 N–H and O–H groups in total. The van der Waals surface area contributed by atoms with Crippen molar-refractivity contribution in [3.63, 3.8) is 0 Å². The number of fused-ring (bicyclic) bond motifs is 3. The third-order valence-corrected chi connectivity index (χ3v) is 20.8. The number of ketones is 3. The van der Waals surface area contributed by atoms with Crippen LogP contribution in [0.3, 0.4) is 0 Å². The van der Waals surface area contributed by atoms with Crippen molar-refractivity contribution in [2.45, 2.75) is 137 Å². The van der Waals surface area contributed by atoms with Gasteiger partial charge in [-0.15, -0.1) is 0 Å². The second-order valence-corrected chi connectivity index (χ2v) is 29.0. The van der Waals surface area contributed by atoms with Crippen LogP contribution >= 0.6 is 0 Å². The summed E-state index contributed by atoms with van der Waals surface area (Å²) in [5, 5.41) is 0. The number of ether oxygens (including phenoxy) is 4. The fourth-order valence-electron chi connectivity index (χ4n) is 14.6. The number of nitrogen functional groups attached to an aromatic ring is 3. The van der Waals surface area contributed by atoms with Crippen LogP contribution < -0.4 is 46.1 Å². The van der Waals surface area contributed by atoms with Crippen molar-refractivity contribution in [2.24, 2.45) is 0 Å². The SMILES string of the molecule is CCCCOc1nc(N)c2c(n1)N(Cc1ccc(-c3ccc(CN4CCCC4)cc3)cc1)C(=O)C(=O)C2.CCCCOc1nc(N)c2c(n1)N(Cc1ccc(-c3ccc(CN4CCCC4)cc3)cc1)CC(=O)C2.COCCOc1nc(N)c2c(n1)N(Cc1ccc(-c3ccc(CN4CCCC4)cc3)cc1)C(=O)C(=O)C2. The number of hydrogen-bond acceptors (Lipinski definition) is 22. The number of hydrogen-bond donors (Lipinski definition) is 3. The highest BCUT2D eigenvalue weighted by Gasteiger charge is 2.37. The molecule has 6 aliphatic rings. The molecular formula is C86H99N15O9. The zero-order valence-corrected chi connectivity index (χ0v) is 63.3. The minimum Gasteiger partial charge on any atom is -0.463 e. The van der Waals surface area contributed by atoms with Gasteiger partial charge >= 0.3 is 18.0 Å². The van der Waals surface area contributed by atoms with E-state index in [4.69, 9.17) is 36.1 Å². The second-order valence-electron chi connectivity index (χ2n) is 29.0. The molecular weight excluding hydrogens is 1390 g/mol. The first-order chi connectivity index (χ1) is 53.6. The summed E-state index contributed by atoms with van der Waals surface area (Å²) >= 11 is 0. The van der Waals surface area contributed by atoms with Crippen molar-refractivity contribution in [3.8, 4) is 51.4 Å². The fourth-order valence-corrected chi connectivity index (χ4v) is 14.6. The second kappa shape index (κ2) is 36.9. The Morgan fingerprint density at radius 3 is 0.955 bits per heavy atom. The lowest BCUT2D eigenvalue weighted by Gasteiger charge is -2.30. The van der Waals surface area contributed by atoms with E-state index in [9.17, 15) is 24.0 Å². The van der Waals surface area contributed by atoms with E-state index in [0.29, 0.717) is 72.9 Å². The molecule has 110 heavy (non-hydrogen) atoms. The molecule has 9 aromatic rings. The summed E-state index contributed by atoms with van der Waals surface area (Å²) in [6.07, 6.45) is 11.6. The van der Waals surface area contributed by atoms with E-state index in [1.165, 1.54) is 115 Å². The van der Waals surface area contributed by atoms with E-state index < -0.39 is 23.4 Å². The summed E-state index contributed by atoms with van der Waals surface area (Å²) in [6.45, 7) is 17.2. The van der Waals surface area contributed by atoms with Gasteiger partial charge in [0.15, 0.2) is 5.78 Å². The molecule has 0 radical (unpaired) electrons. The van der Waals surface area contributed by atoms with Gasteiger partial charge in [-0.3, -0.25) is 48.5 Å². The Labute approximate surface area is 643 Å². The van der Waals surface area contributed by atoms with Crippen LogP contribution in [-0.4, -0.2) is 153 Å². The van der Waals surface area contributed by atoms with Crippen LogP contribution in [0.25, 0.3) is 33.4 Å². The van der Waals surface area contributed by atoms with Crippen LogP contribution in [0.4, 0.5) is 34.9 Å². The van der Waals surface area contributed by atoms with E-state index in [2.05, 4.69) is 156 Å². The highest BCUT2D eigenvalue weighted by atomic mass is 16.5. The number of aromatic nitrogens is 6. The van der Waals surface area contributed by atoms with Gasteiger partial charge in [0.05, 0.1) is 39.5 Å². The van der Waals surface area contributed by atoms with Crippen molar-refractivity contribution in [1.82, 2.24) is 44.6 Å². The molecule has 9 heterocycles. The fraction of sp³-hybridized carbons (Fsp3) is 0.384. The zero-order chi connectivity index (χ0) is 76.5. The summed E-state index contributed by atoms with van der Waals surface area (Å²) < 4.78 is 21.8. The van der Waals surface area contributed by atoms with Gasteiger partial charge in [-0.1, -0.05) is 172 Å². The molecule has 24 heteroatoms. The van der Waals surface area contributed by atoms with Crippen molar-refractivity contribution >= 4 is 64.1 Å². The standard InChI is InChI=1S/C29H33N5O3.C29H35N5O2.C28H31N5O4/c1-2-3-16-37-29-31-26(30)24-17-25(35)28(36)34(27(24)32-29)19-21-8-12-23(13-9-21)22-10-6-20(7-11-22)18-33-14-4-5-15-33;1-2-3-16-36-29-31-27(30)26-17-25(35)20-34(28(26)32-29)19-22-8-12-24(13-9-22)23-10-6-21(7-11-23)18-33-14-4-5-15-33;1-36-14-15-37-28-30-25(29)23-16-24(34)27(35)33(26(23)31-28)18-20-6-10-22(11-7-20)21-8-4-19(5-9-21)17-32-12-2-3-13-32/h6-13H,2-5,14-19H2,1H3,(H2,30,31,32);6-13H,2-5,14-20H2,1H3,(H2,30,31,32);4-11H,2-3,12-18H2,1H3,(H2,29,30,31). The maximum Gasteiger partial charge on any atom is 0.320 e. The molecule has 15 rings (SSSR count). The van der Waals surface area contributed by atoms with Crippen molar-refractivity contribution < 1.29 is 42.9 Å². The Morgan fingerprint density at radius 1 is 0.345 bits per heavy atom. The number of carbonyl (C=O) groups excluding carboxylic acids is 5. The molecule has 0 saturated carbocycles. The van der Waals surface area contributed by atoms with Crippen LogP contribution in [0.15, 0.2) is 146 Å². The average Bonchev–Trinajstić information content (AvgIpc) is 1.29. The number of carbonyl (C=O) groups is 5. The highest BCUT2D eigenvalue weighted by molar-refractivity contribution is 6.43. The van der Waals surface area contributed by atoms with Crippen molar-refractivity contribution in [3.05, 3.63) is 196 Å². The Bertz CT molecular complexity index is 4460. The molecule has 0 bridgehead atoms. The van der Waals surface area contributed by atoms with Gasteiger partial charge in [-0.25, -0.2) is 0 Å². The number of nitrogens with two attached hydrogens (primary N) is 3. The van der Waals surface area contributed by atoms with Crippen LogP contribution in [-0.2, 0) is 87.2 Å². The van der Waals surface area contributed by atoms with E-state index in [0.717, 1.165) is 84.3 Å². The third kappa shape index (κ3) is 19.7. The van der Waals surface area contributed by atoms with Crippen LogP contribution in [0, 0.1) is 0 Å². The Morgan fingerprint density at radius 2 is 0.636 bits per heavy atom. The van der Waals surface area contributed by atoms with E-state index >= 15 is 0 Å².